The van der Waals surface area contributed by atoms with E-state index in [0.29, 0.717) is 12.2 Å². The van der Waals surface area contributed by atoms with Gasteiger partial charge in [-0.1, -0.05) is 11.6 Å². The van der Waals surface area contributed by atoms with Crippen LogP contribution in [0.5, 0.6) is 0 Å². The van der Waals surface area contributed by atoms with E-state index in [1.54, 1.807) is 7.05 Å². The van der Waals surface area contributed by atoms with Crippen LogP contribution in [-0.4, -0.2) is 42.9 Å². The van der Waals surface area contributed by atoms with Crippen molar-refractivity contribution < 1.29 is 14.0 Å². The Morgan fingerprint density at radius 1 is 1.48 bits per heavy atom. The van der Waals surface area contributed by atoms with Gasteiger partial charge in [-0.2, -0.15) is 0 Å². The molecule has 2 N–H and O–H groups in total. The second kappa shape index (κ2) is 6.87. The Bertz CT molecular complexity index is 553. The third-order valence-electron chi connectivity index (χ3n) is 3.46. The molecule has 0 aromatic heterocycles. The third-order valence-corrected chi connectivity index (χ3v) is 3.78. The summed E-state index contributed by atoms with van der Waals surface area (Å²) in [6, 6.07) is 3.50. The minimum atomic E-state index is -0.461. The minimum Gasteiger partial charge on any atom is -0.358 e. The zero-order valence-corrected chi connectivity index (χ0v) is 12.4. The van der Waals surface area contributed by atoms with Gasteiger partial charge < -0.3 is 10.6 Å². The van der Waals surface area contributed by atoms with Gasteiger partial charge in [0.1, 0.15) is 5.82 Å². The first-order valence-corrected chi connectivity index (χ1v) is 7.09. The van der Waals surface area contributed by atoms with Crippen LogP contribution in [0.1, 0.15) is 12.8 Å². The molecule has 0 radical (unpaired) electrons. The highest BCUT2D eigenvalue weighted by atomic mass is 35.5. The zero-order chi connectivity index (χ0) is 15.4. The topological polar surface area (TPSA) is 61.4 Å². The van der Waals surface area contributed by atoms with Crippen LogP contribution in [-0.2, 0) is 9.59 Å². The van der Waals surface area contributed by atoms with Crippen LogP contribution in [0.25, 0.3) is 0 Å². The van der Waals surface area contributed by atoms with Crippen LogP contribution in [0.15, 0.2) is 18.2 Å². The minimum absolute atomic E-state index is 0.0832. The van der Waals surface area contributed by atoms with E-state index >= 15 is 0 Å². The molecule has 1 fully saturated rings. The van der Waals surface area contributed by atoms with E-state index in [0.717, 1.165) is 18.9 Å². The van der Waals surface area contributed by atoms with E-state index in [1.807, 2.05) is 4.90 Å². The number of carbonyl (C=O) groups is 2. The summed E-state index contributed by atoms with van der Waals surface area (Å²) in [5, 5.41) is 5.38. The fourth-order valence-corrected chi connectivity index (χ4v) is 2.66. The maximum atomic E-state index is 12.9. The molecule has 0 aliphatic carbocycles. The number of nitrogens with zero attached hydrogens (tertiary/aromatic N) is 1. The fourth-order valence-electron chi connectivity index (χ4n) is 2.44. The van der Waals surface area contributed by atoms with Gasteiger partial charge in [0.05, 0.1) is 23.3 Å². The quantitative estimate of drug-likeness (QED) is 0.888. The van der Waals surface area contributed by atoms with Crippen molar-refractivity contribution in [1.82, 2.24) is 10.2 Å². The summed E-state index contributed by atoms with van der Waals surface area (Å²) < 4.78 is 12.9. The number of likely N-dealkylation sites (N-methyl/N-ethyl adjacent to an activating group) is 1. The molecule has 7 heteroatoms. The molecule has 1 atom stereocenters. The van der Waals surface area contributed by atoms with Gasteiger partial charge in [0.25, 0.3) is 0 Å². The molecule has 1 aliphatic heterocycles. The molecular weight excluding hydrogens is 297 g/mol. The summed E-state index contributed by atoms with van der Waals surface area (Å²) in [5.74, 6) is -0.823. The molecule has 2 amide bonds. The third kappa shape index (κ3) is 3.92. The van der Waals surface area contributed by atoms with Crippen molar-refractivity contribution in [3.05, 3.63) is 29.0 Å². The van der Waals surface area contributed by atoms with Crippen LogP contribution in [0.2, 0.25) is 5.02 Å². The summed E-state index contributed by atoms with van der Waals surface area (Å²) in [5.41, 5.74) is 0.360. The first-order chi connectivity index (χ1) is 10.0. The van der Waals surface area contributed by atoms with Crippen molar-refractivity contribution in [2.75, 3.05) is 25.5 Å². The summed E-state index contributed by atoms with van der Waals surface area (Å²) in [6.45, 7) is 0.800. The molecule has 2 rings (SSSR count). The van der Waals surface area contributed by atoms with Crippen molar-refractivity contribution in [2.45, 2.75) is 18.9 Å². The van der Waals surface area contributed by atoms with Crippen LogP contribution in [0.4, 0.5) is 10.1 Å². The molecule has 1 aliphatic rings. The van der Waals surface area contributed by atoms with Crippen LogP contribution < -0.4 is 10.6 Å². The second-order valence-corrected chi connectivity index (χ2v) is 5.32. The van der Waals surface area contributed by atoms with Crippen molar-refractivity contribution in [1.29, 1.82) is 0 Å². The van der Waals surface area contributed by atoms with Gasteiger partial charge in [0.2, 0.25) is 11.8 Å². The summed E-state index contributed by atoms with van der Waals surface area (Å²) >= 11 is 5.86. The highest BCUT2D eigenvalue weighted by Crippen LogP contribution is 2.23. The monoisotopic (exact) mass is 313 g/mol. The number of anilines is 1. The Morgan fingerprint density at radius 3 is 2.90 bits per heavy atom. The van der Waals surface area contributed by atoms with Crippen molar-refractivity contribution in [3.8, 4) is 0 Å². The molecule has 1 unspecified atom stereocenters. The standard InChI is InChI=1S/C14H17ClFN3O2/c1-17-14(21)12-3-2-6-19(12)8-13(20)18-11-5-4-9(16)7-10(11)15/h4-5,7,12H,2-3,6,8H2,1H3,(H,17,21)(H,18,20). The molecule has 1 aromatic rings. The summed E-state index contributed by atoms with van der Waals surface area (Å²) in [6.07, 6.45) is 1.62. The number of carbonyl (C=O) groups excluding carboxylic acids is 2. The van der Waals surface area contributed by atoms with E-state index in [9.17, 15) is 14.0 Å². The maximum absolute atomic E-state index is 12.9. The van der Waals surface area contributed by atoms with Crippen molar-refractivity contribution in [2.24, 2.45) is 0 Å². The van der Waals surface area contributed by atoms with Gasteiger partial charge in [0.15, 0.2) is 0 Å². The Morgan fingerprint density at radius 2 is 2.24 bits per heavy atom. The molecule has 1 aromatic carbocycles. The van der Waals surface area contributed by atoms with Gasteiger partial charge in [-0.05, 0) is 37.6 Å². The highest BCUT2D eigenvalue weighted by Gasteiger charge is 2.31. The predicted molar refractivity (Wildman–Crippen MR) is 78.7 cm³/mol. The lowest BCUT2D eigenvalue weighted by Crippen LogP contribution is -2.45. The largest absolute Gasteiger partial charge is 0.358 e. The molecule has 114 valence electrons. The van der Waals surface area contributed by atoms with E-state index < -0.39 is 5.82 Å². The van der Waals surface area contributed by atoms with Gasteiger partial charge >= 0.3 is 0 Å². The van der Waals surface area contributed by atoms with E-state index in [4.69, 9.17) is 11.6 Å². The molecule has 21 heavy (non-hydrogen) atoms. The normalized spacial score (nSPS) is 18.5. The van der Waals surface area contributed by atoms with Gasteiger partial charge in [-0.15, -0.1) is 0 Å². The fraction of sp³-hybridized carbons (Fsp3) is 0.429. The number of halogens is 2. The van der Waals surface area contributed by atoms with Gasteiger partial charge in [-0.25, -0.2) is 4.39 Å². The zero-order valence-electron chi connectivity index (χ0n) is 11.7. The number of rotatable bonds is 4. The predicted octanol–water partition coefficient (Wildman–Crippen LogP) is 1.63. The van der Waals surface area contributed by atoms with Crippen molar-refractivity contribution in [3.63, 3.8) is 0 Å². The summed E-state index contributed by atoms with van der Waals surface area (Å²) in [4.78, 5) is 25.6. The summed E-state index contributed by atoms with van der Waals surface area (Å²) in [7, 11) is 1.58. The number of benzene rings is 1. The Balaban J connectivity index is 1.96. The lowest BCUT2D eigenvalue weighted by atomic mass is 10.2. The first-order valence-electron chi connectivity index (χ1n) is 6.72. The van der Waals surface area contributed by atoms with E-state index in [1.165, 1.54) is 12.1 Å². The van der Waals surface area contributed by atoms with Crippen LogP contribution in [0.3, 0.4) is 0 Å². The molecule has 0 saturated carbocycles. The lowest BCUT2D eigenvalue weighted by molar-refractivity contribution is -0.126. The number of likely N-dealkylation sites (tertiary alicyclic amines) is 1. The molecule has 1 saturated heterocycles. The molecule has 5 nitrogen and oxygen atoms in total. The number of hydrogen-bond donors (Lipinski definition) is 2. The van der Waals surface area contributed by atoms with Gasteiger partial charge in [-0.3, -0.25) is 14.5 Å². The average molecular weight is 314 g/mol. The first kappa shape index (κ1) is 15.7. The molecule has 0 spiro atoms. The van der Waals surface area contributed by atoms with Crippen LogP contribution >= 0.6 is 11.6 Å². The Hall–Kier alpha value is -1.66. The number of amides is 2. The van der Waals surface area contributed by atoms with Gasteiger partial charge in [0, 0.05) is 7.05 Å². The smallest absolute Gasteiger partial charge is 0.238 e. The maximum Gasteiger partial charge on any atom is 0.238 e. The molecule has 1 heterocycles. The number of hydrogen-bond acceptors (Lipinski definition) is 3. The highest BCUT2D eigenvalue weighted by molar-refractivity contribution is 6.33. The SMILES string of the molecule is CNC(=O)C1CCCN1CC(=O)Nc1ccc(F)cc1Cl. The van der Waals surface area contributed by atoms with E-state index in [2.05, 4.69) is 10.6 Å². The van der Waals surface area contributed by atoms with Crippen molar-refractivity contribution >= 4 is 29.1 Å². The van der Waals surface area contributed by atoms with Crippen LogP contribution in [0, 0.1) is 5.82 Å². The molecule has 0 bridgehead atoms. The second-order valence-electron chi connectivity index (χ2n) is 4.92. The molecular formula is C14H17ClFN3O2. The Kier molecular flexibility index (Phi) is 5.14. The number of nitrogens with one attached hydrogen (secondary N) is 2. The average Bonchev–Trinajstić information content (AvgIpc) is 2.89. The van der Waals surface area contributed by atoms with E-state index in [-0.39, 0.29) is 29.4 Å². The Labute approximate surface area is 127 Å². The lowest BCUT2D eigenvalue weighted by Gasteiger charge is -2.22.